The van der Waals surface area contributed by atoms with Gasteiger partial charge in [-0.3, -0.25) is 0 Å². The van der Waals surface area contributed by atoms with E-state index in [0.717, 1.165) is 13.1 Å². The van der Waals surface area contributed by atoms with E-state index in [1.54, 1.807) is 0 Å². The summed E-state index contributed by atoms with van der Waals surface area (Å²) < 4.78 is 6.65. The number of hydrogen-bond donors (Lipinski definition) is 2. The highest BCUT2D eigenvalue weighted by molar-refractivity contribution is 6.74. The van der Waals surface area contributed by atoms with Crippen molar-refractivity contribution < 1.29 is 4.43 Å². The largest absolute Gasteiger partial charge is 0.412 e. The second kappa shape index (κ2) is 5.23. The van der Waals surface area contributed by atoms with Crippen LogP contribution in [0.4, 0.5) is 0 Å². The first kappa shape index (κ1) is 14.5. The summed E-state index contributed by atoms with van der Waals surface area (Å²) in [5.41, 5.74) is 0. The molecule has 3 nitrogen and oxygen atoms in total. The quantitative estimate of drug-likeness (QED) is 0.756. The summed E-state index contributed by atoms with van der Waals surface area (Å²) in [7, 11) is -1.64. The molecule has 2 N–H and O–H groups in total. The Labute approximate surface area is 113 Å². The van der Waals surface area contributed by atoms with E-state index in [1.807, 2.05) is 0 Å². The van der Waals surface area contributed by atoms with Crippen LogP contribution in [-0.2, 0) is 4.43 Å². The molecule has 2 fully saturated rings. The number of nitrogens with one attached hydrogen (secondary N) is 2. The standard InChI is InChI=1S/C14H30N2OSi/c1-14(2,3)18(4,5)17-12-8-6-7-11-13(12)16-10-9-15-11/h11-13,15-16H,6-10H2,1-5H3/t11-,12-,13-/m0/s1. The molecule has 0 bridgehead atoms. The molecule has 1 aliphatic heterocycles. The van der Waals surface area contributed by atoms with Crippen LogP contribution in [0.3, 0.4) is 0 Å². The van der Waals surface area contributed by atoms with E-state index in [4.69, 9.17) is 4.43 Å². The summed E-state index contributed by atoms with van der Waals surface area (Å²) in [5.74, 6) is 0. The van der Waals surface area contributed by atoms with E-state index in [2.05, 4.69) is 44.5 Å². The number of hydrogen-bond acceptors (Lipinski definition) is 3. The molecule has 0 unspecified atom stereocenters. The van der Waals surface area contributed by atoms with E-state index in [0.29, 0.717) is 23.2 Å². The van der Waals surface area contributed by atoms with Crippen LogP contribution >= 0.6 is 0 Å². The monoisotopic (exact) mass is 270 g/mol. The van der Waals surface area contributed by atoms with Crippen molar-refractivity contribution in [2.24, 2.45) is 0 Å². The van der Waals surface area contributed by atoms with E-state index in [-0.39, 0.29) is 0 Å². The summed E-state index contributed by atoms with van der Waals surface area (Å²) in [6, 6.07) is 1.16. The third-order valence-electron chi connectivity index (χ3n) is 5.00. The molecule has 1 heterocycles. The average molecular weight is 270 g/mol. The molecule has 0 spiro atoms. The van der Waals surface area contributed by atoms with Gasteiger partial charge in [0.1, 0.15) is 0 Å². The van der Waals surface area contributed by atoms with Crippen molar-refractivity contribution in [3.8, 4) is 0 Å². The highest BCUT2D eigenvalue weighted by atomic mass is 28.4. The van der Waals surface area contributed by atoms with Gasteiger partial charge in [-0.2, -0.15) is 0 Å². The Morgan fingerprint density at radius 1 is 1.06 bits per heavy atom. The van der Waals surface area contributed by atoms with Gasteiger partial charge in [0.15, 0.2) is 8.32 Å². The van der Waals surface area contributed by atoms with Crippen molar-refractivity contribution in [3.63, 3.8) is 0 Å². The first-order valence-corrected chi connectivity index (χ1v) is 10.4. The average Bonchev–Trinajstić information content (AvgIpc) is 2.27. The van der Waals surface area contributed by atoms with Crippen LogP contribution in [0.1, 0.15) is 40.0 Å². The molecular weight excluding hydrogens is 240 g/mol. The molecule has 3 atom stereocenters. The first-order valence-electron chi connectivity index (χ1n) is 7.46. The Kier molecular flexibility index (Phi) is 4.22. The highest BCUT2D eigenvalue weighted by Gasteiger charge is 2.43. The summed E-state index contributed by atoms with van der Waals surface area (Å²) in [5, 5.41) is 7.64. The van der Waals surface area contributed by atoms with E-state index >= 15 is 0 Å². The third-order valence-corrected chi connectivity index (χ3v) is 9.51. The van der Waals surface area contributed by atoms with Gasteiger partial charge in [0.25, 0.3) is 0 Å². The Hall–Kier alpha value is 0.0969. The van der Waals surface area contributed by atoms with Crippen molar-refractivity contribution >= 4 is 8.32 Å². The van der Waals surface area contributed by atoms with Crippen LogP contribution < -0.4 is 10.6 Å². The fourth-order valence-electron chi connectivity index (χ4n) is 2.84. The van der Waals surface area contributed by atoms with E-state index in [9.17, 15) is 0 Å². The molecule has 1 saturated heterocycles. The third kappa shape index (κ3) is 2.98. The van der Waals surface area contributed by atoms with E-state index < -0.39 is 8.32 Å². The van der Waals surface area contributed by atoms with Crippen LogP contribution in [0.5, 0.6) is 0 Å². The lowest BCUT2D eigenvalue weighted by molar-refractivity contribution is 0.0687. The summed E-state index contributed by atoms with van der Waals surface area (Å²) in [4.78, 5) is 0. The lowest BCUT2D eigenvalue weighted by Crippen LogP contribution is -2.64. The molecule has 0 aromatic heterocycles. The normalized spacial score (nSPS) is 34.2. The molecule has 0 aromatic rings. The van der Waals surface area contributed by atoms with Gasteiger partial charge >= 0.3 is 0 Å². The van der Waals surface area contributed by atoms with Crippen LogP contribution in [0.2, 0.25) is 18.1 Å². The van der Waals surface area contributed by atoms with Crippen molar-refractivity contribution in [1.29, 1.82) is 0 Å². The second-order valence-electron chi connectivity index (χ2n) is 7.39. The minimum Gasteiger partial charge on any atom is -0.412 e. The van der Waals surface area contributed by atoms with Gasteiger partial charge in [-0.15, -0.1) is 0 Å². The predicted octanol–water partition coefficient (Wildman–Crippen LogP) is 2.49. The zero-order chi connectivity index (χ0) is 13.4. The Morgan fingerprint density at radius 3 is 2.39 bits per heavy atom. The lowest BCUT2D eigenvalue weighted by atomic mass is 9.87. The predicted molar refractivity (Wildman–Crippen MR) is 79.5 cm³/mol. The molecule has 18 heavy (non-hydrogen) atoms. The molecule has 0 radical (unpaired) electrons. The van der Waals surface area contributed by atoms with Gasteiger partial charge in [0.05, 0.1) is 6.10 Å². The van der Waals surface area contributed by atoms with Crippen LogP contribution in [0.25, 0.3) is 0 Å². The zero-order valence-electron chi connectivity index (χ0n) is 12.7. The van der Waals surface area contributed by atoms with Crippen molar-refractivity contribution in [1.82, 2.24) is 10.6 Å². The minimum atomic E-state index is -1.64. The Bertz CT molecular complexity index is 286. The Morgan fingerprint density at radius 2 is 1.72 bits per heavy atom. The summed E-state index contributed by atoms with van der Waals surface area (Å²) >= 11 is 0. The topological polar surface area (TPSA) is 33.3 Å². The molecule has 106 valence electrons. The summed E-state index contributed by atoms with van der Waals surface area (Å²) in [6.45, 7) is 13.9. The molecular formula is C14H30N2OSi. The number of fused-ring (bicyclic) bond motifs is 1. The second-order valence-corrected chi connectivity index (χ2v) is 12.1. The molecule has 2 rings (SSSR count). The fourth-order valence-corrected chi connectivity index (χ4v) is 4.22. The van der Waals surface area contributed by atoms with Gasteiger partial charge in [-0.05, 0) is 37.4 Å². The van der Waals surface area contributed by atoms with Gasteiger partial charge in [-0.25, -0.2) is 0 Å². The van der Waals surface area contributed by atoms with Crippen molar-refractivity contribution in [2.45, 2.75) is 76.4 Å². The first-order chi connectivity index (χ1) is 8.31. The SMILES string of the molecule is CC(C)(C)[Si](C)(C)O[C@H]1CCC[C@@H]2NCCN[C@@H]21. The number of rotatable bonds is 2. The molecule has 0 aromatic carbocycles. The zero-order valence-corrected chi connectivity index (χ0v) is 13.7. The van der Waals surface area contributed by atoms with Gasteiger partial charge < -0.3 is 15.1 Å². The van der Waals surface area contributed by atoms with Crippen LogP contribution in [-0.4, -0.2) is 39.6 Å². The fraction of sp³-hybridized carbons (Fsp3) is 1.00. The smallest absolute Gasteiger partial charge is 0.192 e. The van der Waals surface area contributed by atoms with Gasteiger partial charge in [0, 0.05) is 25.2 Å². The van der Waals surface area contributed by atoms with Gasteiger partial charge in [0.2, 0.25) is 0 Å². The maximum atomic E-state index is 6.65. The molecule has 2 aliphatic rings. The lowest BCUT2D eigenvalue weighted by Gasteiger charge is -2.47. The van der Waals surface area contributed by atoms with Crippen LogP contribution in [0.15, 0.2) is 0 Å². The summed E-state index contributed by atoms with van der Waals surface area (Å²) in [6.07, 6.45) is 4.24. The number of piperazine rings is 1. The molecule has 4 heteroatoms. The maximum Gasteiger partial charge on any atom is 0.192 e. The maximum absolute atomic E-state index is 6.65. The minimum absolute atomic E-state index is 0.308. The molecule has 1 saturated carbocycles. The van der Waals surface area contributed by atoms with Crippen molar-refractivity contribution in [3.05, 3.63) is 0 Å². The van der Waals surface area contributed by atoms with Crippen LogP contribution in [0, 0.1) is 0 Å². The molecule has 0 amide bonds. The van der Waals surface area contributed by atoms with Gasteiger partial charge in [-0.1, -0.05) is 20.8 Å². The highest BCUT2D eigenvalue weighted by Crippen LogP contribution is 2.39. The molecule has 1 aliphatic carbocycles. The Balaban J connectivity index is 2.03. The van der Waals surface area contributed by atoms with E-state index in [1.165, 1.54) is 19.3 Å². The van der Waals surface area contributed by atoms with Crippen molar-refractivity contribution in [2.75, 3.05) is 13.1 Å².